The molecule has 140 valence electrons. The number of pyridine rings is 1. The molecule has 2 heterocycles. The normalized spacial score (nSPS) is 16.8. The highest BCUT2D eigenvalue weighted by Gasteiger charge is 2.30. The monoisotopic (exact) mass is 371 g/mol. The number of benzene rings is 1. The smallest absolute Gasteiger partial charge is 0.296 e. The van der Waals surface area contributed by atoms with Crippen LogP contribution in [0.3, 0.4) is 0 Å². The van der Waals surface area contributed by atoms with Crippen LogP contribution in [0.1, 0.15) is 16.8 Å². The van der Waals surface area contributed by atoms with E-state index < -0.39 is 23.4 Å². The van der Waals surface area contributed by atoms with Crippen molar-refractivity contribution in [1.29, 1.82) is 0 Å². The molecule has 26 heavy (non-hydrogen) atoms. The summed E-state index contributed by atoms with van der Waals surface area (Å²) in [6.07, 6.45) is -3.54. The third-order valence-corrected chi connectivity index (χ3v) is 4.40. The summed E-state index contributed by atoms with van der Waals surface area (Å²) in [7, 11) is 0. The van der Waals surface area contributed by atoms with E-state index in [0.29, 0.717) is 50.5 Å². The van der Waals surface area contributed by atoms with Crippen LogP contribution in [0.25, 0.3) is 0 Å². The molecule has 2 aromatic rings. The number of hydrogen-bond donors (Lipinski definition) is 0. The number of hydrogen-bond acceptors (Lipinski definition) is 3. The molecule has 0 saturated carbocycles. The van der Waals surface area contributed by atoms with E-state index in [-0.39, 0.29) is 0 Å². The second-order valence-corrected chi connectivity index (χ2v) is 6.32. The lowest BCUT2D eigenvalue weighted by Gasteiger charge is -2.34. The van der Waals surface area contributed by atoms with Crippen LogP contribution >= 0.6 is 0 Å². The van der Waals surface area contributed by atoms with E-state index in [9.17, 15) is 22.0 Å². The summed E-state index contributed by atoms with van der Waals surface area (Å²) in [6, 6.07) is 5.83. The van der Waals surface area contributed by atoms with Gasteiger partial charge in [-0.05, 0) is 30.3 Å². The molecule has 1 saturated heterocycles. The largest absolute Gasteiger partial charge is 0.417 e. The molecule has 8 heteroatoms. The van der Waals surface area contributed by atoms with Gasteiger partial charge in [-0.1, -0.05) is 0 Å². The Kier molecular flexibility index (Phi) is 5.52. The molecule has 1 aromatic heterocycles. The third kappa shape index (κ3) is 4.76. The Labute approximate surface area is 148 Å². The van der Waals surface area contributed by atoms with Crippen LogP contribution in [-0.2, 0) is 19.3 Å². The van der Waals surface area contributed by atoms with Crippen molar-refractivity contribution < 1.29 is 22.0 Å². The van der Waals surface area contributed by atoms with Crippen molar-refractivity contribution in [3.63, 3.8) is 0 Å². The van der Waals surface area contributed by atoms with Crippen molar-refractivity contribution in [2.24, 2.45) is 0 Å². The molecule has 1 fully saturated rings. The first-order valence-corrected chi connectivity index (χ1v) is 8.22. The maximum atomic E-state index is 13.7. The van der Waals surface area contributed by atoms with E-state index in [0.717, 1.165) is 24.4 Å². The fourth-order valence-corrected chi connectivity index (χ4v) is 2.93. The van der Waals surface area contributed by atoms with Crippen LogP contribution in [-0.4, -0.2) is 41.0 Å². The van der Waals surface area contributed by atoms with E-state index in [2.05, 4.69) is 9.88 Å². The predicted molar refractivity (Wildman–Crippen MR) is 86.2 cm³/mol. The van der Waals surface area contributed by atoms with Crippen LogP contribution in [0.4, 0.5) is 22.0 Å². The topological polar surface area (TPSA) is 19.4 Å². The third-order valence-electron chi connectivity index (χ3n) is 4.40. The van der Waals surface area contributed by atoms with Gasteiger partial charge in [-0.15, -0.1) is 0 Å². The Hall–Kier alpha value is -2.06. The molecule has 0 atom stereocenters. The first-order valence-electron chi connectivity index (χ1n) is 8.22. The SMILES string of the molecule is Fc1ccc(F)c(CN2CCN(Cc3ccc(C(F)(F)F)cn3)CC2)c1. The van der Waals surface area contributed by atoms with Crippen LogP contribution in [0.15, 0.2) is 36.5 Å². The summed E-state index contributed by atoms with van der Waals surface area (Å²) < 4.78 is 64.6. The Morgan fingerprint density at radius 2 is 1.54 bits per heavy atom. The minimum Gasteiger partial charge on any atom is -0.296 e. The quantitative estimate of drug-likeness (QED) is 0.764. The van der Waals surface area contributed by atoms with Gasteiger partial charge >= 0.3 is 6.18 Å². The van der Waals surface area contributed by atoms with Crippen LogP contribution in [0.5, 0.6) is 0 Å². The zero-order valence-electron chi connectivity index (χ0n) is 13.9. The van der Waals surface area contributed by atoms with Crippen molar-refractivity contribution >= 4 is 0 Å². The van der Waals surface area contributed by atoms with Gasteiger partial charge in [0.15, 0.2) is 0 Å². The predicted octanol–water partition coefficient (Wildman–Crippen LogP) is 3.70. The number of halogens is 5. The summed E-state index contributed by atoms with van der Waals surface area (Å²) in [6.45, 7) is 3.47. The van der Waals surface area contributed by atoms with Gasteiger partial charge in [0.1, 0.15) is 11.6 Å². The van der Waals surface area contributed by atoms with Crippen molar-refractivity contribution in [1.82, 2.24) is 14.8 Å². The highest BCUT2D eigenvalue weighted by atomic mass is 19.4. The molecule has 1 aliphatic heterocycles. The number of rotatable bonds is 4. The van der Waals surface area contributed by atoms with Crippen LogP contribution in [0, 0.1) is 11.6 Å². The molecule has 0 spiro atoms. The summed E-state index contributed by atoms with van der Waals surface area (Å²) in [5.41, 5.74) is 0.133. The summed E-state index contributed by atoms with van der Waals surface area (Å²) in [5, 5.41) is 0. The maximum absolute atomic E-state index is 13.7. The molecule has 0 aliphatic carbocycles. The summed E-state index contributed by atoms with van der Waals surface area (Å²) >= 11 is 0. The average molecular weight is 371 g/mol. The zero-order valence-corrected chi connectivity index (χ0v) is 13.9. The van der Waals surface area contributed by atoms with Gasteiger partial charge in [-0.3, -0.25) is 14.8 Å². The van der Waals surface area contributed by atoms with Crippen LogP contribution < -0.4 is 0 Å². The fourth-order valence-electron chi connectivity index (χ4n) is 2.93. The Morgan fingerprint density at radius 3 is 2.12 bits per heavy atom. The molecular formula is C18H18F5N3. The minimum atomic E-state index is -4.39. The Balaban J connectivity index is 1.51. The van der Waals surface area contributed by atoms with Crippen LogP contribution in [0.2, 0.25) is 0 Å². The lowest BCUT2D eigenvalue weighted by molar-refractivity contribution is -0.137. The molecule has 1 aromatic carbocycles. The zero-order chi connectivity index (χ0) is 18.7. The van der Waals surface area contributed by atoms with Crippen molar-refractivity contribution in [3.8, 4) is 0 Å². The number of aromatic nitrogens is 1. The highest BCUT2D eigenvalue weighted by molar-refractivity contribution is 5.19. The molecule has 0 N–H and O–H groups in total. The summed E-state index contributed by atoms with van der Waals surface area (Å²) in [5.74, 6) is -0.892. The van der Waals surface area contributed by atoms with E-state index in [1.54, 1.807) is 0 Å². The van der Waals surface area contributed by atoms with Gasteiger partial charge < -0.3 is 0 Å². The van der Waals surface area contributed by atoms with E-state index >= 15 is 0 Å². The van der Waals surface area contributed by atoms with Crippen molar-refractivity contribution in [2.45, 2.75) is 19.3 Å². The van der Waals surface area contributed by atoms with E-state index in [1.165, 1.54) is 12.1 Å². The molecule has 0 unspecified atom stereocenters. The van der Waals surface area contributed by atoms with Gasteiger partial charge in [0.05, 0.1) is 11.3 Å². The molecule has 3 nitrogen and oxygen atoms in total. The van der Waals surface area contributed by atoms with Gasteiger partial charge in [-0.2, -0.15) is 13.2 Å². The van der Waals surface area contributed by atoms with Gasteiger partial charge in [-0.25, -0.2) is 8.78 Å². The first-order chi connectivity index (χ1) is 12.3. The fraction of sp³-hybridized carbons (Fsp3) is 0.389. The van der Waals surface area contributed by atoms with E-state index in [1.807, 2.05) is 4.90 Å². The van der Waals surface area contributed by atoms with Crippen molar-refractivity contribution in [3.05, 3.63) is 65.0 Å². The standard InChI is InChI=1S/C18H18F5N3/c19-15-2-4-17(20)13(9-15)11-25-5-7-26(8-6-25)12-16-3-1-14(10-24-16)18(21,22)23/h1-4,9-10H,5-8,11-12H2. The first kappa shape index (κ1) is 18.7. The van der Waals surface area contributed by atoms with E-state index in [4.69, 9.17) is 0 Å². The lowest BCUT2D eigenvalue weighted by Crippen LogP contribution is -2.45. The van der Waals surface area contributed by atoms with Gasteiger partial charge in [0.25, 0.3) is 0 Å². The summed E-state index contributed by atoms with van der Waals surface area (Å²) in [4.78, 5) is 7.98. The number of nitrogens with zero attached hydrogens (tertiary/aromatic N) is 3. The second kappa shape index (κ2) is 7.67. The molecule has 0 bridgehead atoms. The molecule has 0 radical (unpaired) electrons. The molecular weight excluding hydrogens is 353 g/mol. The minimum absolute atomic E-state index is 0.322. The Morgan fingerprint density at radius 1 is 0.885 bits per heavy atom. The lowest BCUT2D eigenvalue weighted by atomic mass is 10.1. The molecule has 0 amide bonds. The Bertz CT molecular complexity index is 737. The van der Waals surface area contributed by atoms with Gasteiger partial charge in [0, 0.05) is 51.0 Å². The highest BCUT2D eigenvalue weighted by Crippen LogP contribution is 2.28. The molecule has 3 rings (SSSR count). The average Bonchev–Trinajstić information content (AvgIpc) is 2.59. The maximum Gasteiger partial charge on any atom is 0.417 e. The van der Waals surface area contributed by atoms with Crippen molar-refractivity contribution in [2.75, 3.05) is 26.2 Å². The molecule has 1 aliphatic rings. The second-order valence-electron chi connectivity index (χ2n) is 6.32. The number of alkyl halides is 3. The van der Waals surface area contributed by atoms with Gasteiger partial charge in [0.2, 0.25) is 0 Å². The number of piperazine rings is 1.